The van der Waals surface area contributed by atoms with Gasteiger partial charge < -0.3 is 36.1 Å². The summed E-state index contributed by atoms with van der Waals surface area (Å²) in [5, 5.41) is 5.81. The highest BCUT2D eigenvalue weighted by Gasteiger charge is 2.40. The number of likely N-dealkylation sites (tertiary alicyclic amines) is 1. The van der Waals surface area contributed by atoms with Crippen LogP contribution in [0.2, 0.25) is 5.15 Å². The number of nitrogen functional groups attached to an aromatic ring is 2. The first-order valence-electron chi connectivity index (χ1n) is 16.6. The third kappa shape index (κ3) is 11.5. The molecule has 0 radical (unpaired) electrons. The van der Waals surface area contributed by atoms with Gasteiger partial charge in [0.25, 0.3) is 11.8 Å². The Morgan fingerprint density at radius 1 is 0.980 bits per heavy atom. The number of carbonyl (C=O) groups is 4. The van der Waals surface area contributed by atoms with Crippen LogP contribution in [0.1, 0.15) is 75.9 Å². The summed E-state index contributed by atoms with van der Waals surface area (Å²) in [4.78, 5) is 63.4. The standard InChI is InChI=1S/C18H27NO4.C15H21ClN8O2/c1-4-11-19(12-5-2)17(20)13-23-18(21)14-22-16-9-7-15(6-3)8-10-16;1-2-8(25)24-5-3-15(4-6-24)7-19-14(23-15)22-13(26)9-11(17)21-12(18)10(16)20-9/h7-10H,4-6,11-14H2,1-3H3;2-7H2,1H3,(H4,17,18,21)(H2,19,22,23,26). The number of anilines is 2. The number of aryl methyl sites for hydroxylation is 1. The first kappa shape index (κ1) is 38.8. The Kier molecular flexibility index (Phi) is 14.9. The zero-order valence-electron chi connectivity index (χ0n) is 28.7. The highest BCUT2D eigenvalue weighted by molar-refractivity contribution is 6.31. The minimum atomic E-state index is -0.571. The molecule has 1 aromatic heterocycles. The van der Waals surface area contributed by atoms with Crippen LogP contribution < -0.4 is 26.8 Å². The van der Waals surface area contributed by atoms with E-state index >= 15 is 0 Å². The summed E-state index contributed by atoms with van der Waals surface area (Å²) in [7, 11) is 0. The molecule has 16 heteroatoms. The zero-order valence-corrected chi connectivity index (χ0v) is 29.5. The van der Waals surface area contributed by atoms with Gasteiger partial charge in [-0.05, 0) is 49.8 Å². The summed E-state index contributed by atoms with van der Waals surface area (Å²) in [6.45, 7) is 10.8. The van der Waals surface area contributed by atoms with Gasteiger partial charge in [-0.3, -0.25) is 24.7 Å². The maximum Gasteiger partial charge on any atom is 0.344 e. The van der Waals surface area contributed by atoms with Gasteiger partial charge >= 0.3 is 5.97 Å². The van der Waals surface area contributed by atoms with Crippen LogP contribution in [0.15, 0.2) is 29.3 Å². The topological polar surface area (TPSA) is 207 Å². The van der Waals surface area contributed by atoms with Crippen LogP contribution in [0.3, 0.4) is 0 Å². The van der Waals surface area contributed by atoms with Gasteiger partial charge in [0.15, 0.2) is 41.7 Å². The first-order valence-corrected chi connectivity index (χ1v) is 17.0. The number of guanidine groups is 1. The van der Waals surface area contributed by atoms with Crippen molar-refractivity contribution in [1.82, 2.24) is 30.4 Å². The molecule has 4 rings (SSSR count). The molecular formula is C33H48ClN9O6. The van der Waals surface area contributed by atoms with E-state index in [9.17, 15) is 19.2 Å². The molecule has 0 bridgehead atoms. The molecule has 2 aliphatic rings. The zero-order chi connectivity index (χ0) is 36.0. The minimum absolute atomic E-state index is 0.0376. The average Bonchev–Trinajstić information content (AvgIpc) is 3.49. The SMILES string of the molecule is CCC(=O)N1CCC2(CC1)CN=C(NC(=O)c1nc(Cl)c(N)nc1N)N2.CCCN(CCC)C(=O)COC(=O)COc1ccc(CC)cc1. The number of nitrogens with one attached hydrogen (secondary N) is 2. The second kappa shape index (κ2) is 18.8. The van der Waals surface area contributed by atoms with Crippen molar-refractivity contribution in [3.8, 4) is 5.75 Å². The van der Waals surface area contributed by atoms with Crippen molar-refractivity contribution in [2.45, 2.75) is 71.8 Å². The second-order valence-electron chi connectivity index (χ2n) is 11.7. The van der Waals surface area contributed by atoms with E-state index in [1.165, 1.54) is 5.56 Å². The molecule has 0 unspecified atom stereocenters. The molecule has 1 saturated heterocycles. The van der Waals surface area contributed by atoms with Gasteiger partial charge in [-0.2, -0.15) is 0 Å². The van der Waals surface area contributed by atoms with Gasteiger partial charge in [-0.1, -0.05) is 51.4 Å². The van der Waals surface area contributed by atoms with Crippen LogP contribution in [0.5, 0.6) is 5.75 Å². The number of rotatable bonds is 12. The molecule has 0 saturated carbocycles. The van der Waals surface area contributed by atoms with Crippen molar-refractivity contribution in [1.29, 1.82) is 0 Å². The Morgan fingerprint density at radius 3 is 2.22 bits per heavy atom. The number of aliphatic imine (C=N–C) groups is 1. The van der Waals surface area contributed by atoms with Gasteiger partial charge in [-0.25, -0.2) is 14.8 Å². The Labute approximate surface area is 292 Å². The summed E-state index contributed by atoms with van der Waals surface area (Å²) < 4.78 is 10.3. The molecule has 3 heterocycles. The molecule has 49 heavy (non-hydrogen) atoms. The van der Waals surface area contributed by atoms with Gasteiger partial charge in [0.05, 0.1) is 12.1 Å². The van der Waals surface area contributed by atoms with Gasteiger partial charge in [0, 0.05) is 32.6 Å². The number of aromatic nitrogens is 2. The summed E-state index contributed by atoms with van der Waals surface area (Å²) in [6.07, 6.45) is 4.75. The molecule has 1 spiro atoms. The van der Waals surface area contributed by atoms with Crippen molar-refractivity contribution in [2.75, 3.05) is 57.4 Å². The number of nitrogens with zero attached hydrogens (tertiary/aromatic N) is 5. The predicted molar refractivity (Wildman–Crippen MR) is 187 cm³/mol. The van der Waals surface area contributed by atoms with E-state index in [2.05, 4.69) is 32.5 Å². The quantitative estimate of drug-likeness (QED) is 0.237. The summed E-state index contributed by atoms with van der Waals surface area (Å²) >= 11 is 5.80. The normalized spacial score (nSPS) is 14.6. The molecule has 1 fully saturated rings. The van der Waals surface area contributed by atoms with E-state index in [0.717, 1.165) is 32.1 Å². The third-order valence-electron chi connectivity index (χ3n) is 8.04. The highest BCUT2D eigenvalue weighted by Crippen LogP contribution is 2.26. The van der Waals surface area contributed by atoms with Crippen LogP contribution in [0, 0.1) is 0 Å². The van der Waals surface area contributed by atoms with Gasteiger partial charge in [-0.15, -0.1) is 0 Å². The summed E-state index contributed by atoms with van der Waals surface area (Å²) in [5.41, 5.74) is 12.0. The van der Waals surface area contributed by atoms with Gasteiger partial charge in [0.2, 0.25) is 5.91 Å². The number of hydrogen-bond acceptors (Lipinski definition) is 12. The number of ether oxygens (including phenoxy) is 2. The van der Waals surface area contributed by atoms with E-state index in [0.29, 0.717) is 50.9 Å². The van der Waals surface area contributed by atoms with Crippen LogP contribution in [0.4, 0.5) is 11.6 Å². The molecule has 0 atom stereocenters. The number of piperidine rings is 1. The van der Waals surface area contributed by atoms with E-state index in [1.54, 1.807) is 4.90 Å². The largest absolute Gasteiger partial charge is 0.482 e. The number of esters is 1. The average molecular weight is 702 g/mol. The van der Waals surface area contributed by atoms with Crippen molar-refractivity contribution in [2.24, 2.45) is 4.99 Å². The van der Waals surface area contributed by atoms with E-state index in [-0.39, 0.29) is 53.0 Å². The highest BCUT2D eigenvalue weighted by atomic mass is 35.5. The van der Waals surface area contributed by atoms with E-state index in [4.69, 9.17) is 32.5 Å². The number of amides is 3. The van der Waals surface area contributed by atoms with Crippen LogP contribution in [0.25, 0.3) is 0 Å². The molecule has 15 nitrogen and oxygen atoms in total. The maximum absolute atomic E-state index is 12.4. The van der Waals surface area contributed by atoms with E-state index in [1.807, 2.05) is 49.9 Å². The fourth-order valence-electron chi connectivity index (χ4n) is 5.24. The fourth-order valence-corrected chi connectivity index (χ4v) is 5.36. The summed E-state index contributed by atoms with van der Waals surface area (Å²) in [5.74, 6) is -0.294. The Balaban J connectivity index is 0.000000268. The smallest absolute Gasteiger partial charge is 0.344 e. The first-order chi connectivity index (χ1) is 23.4. The lowest BCUT2D eigenvalue weighted by Gasteiger charge is -2.39. The fraction of sp³-hybridized carbons (Fsp3) is 0.545. The van der Waals surface area contributed by atoms with Crippen LogP contribution in [-0.4, -0.2) is 101 Å². The molecular weight excluding hydrogens is 654 g/mol. The van der Waals surface area contributed by atoms with Gasteiger partial charge in [0.1, 0.15) is 5.75 Å². The van der Waals surface area contributed by atoms with Crippen molar-refractivity contribution >= 4 is 52.9 Å². The predicted octanol–water partition coefficient (Wildman–Crippen LogP) is 2.57. The van der Waals surface area contributed by atoms with Crippen molar-refractivity contribution < 1.29 is 28.7 Å². The lowest BCUT2D eigenvalue weighted by Crippen LogP contribution is -2.56. The molecule has 6 N–H and O–H groups in total. The monoisotopic (exact) mass is 701 g/mol. The lowest BCUT2D eigenvalue weighted by atomic mass is 9.88. The number of nitrogens with two attached hydrogens (primary N) is 2. The number of benzene rings is 1. The number of carbonyl (C=O) groups excluding carboxylic acids is 4. The van der Waals surface area contributed by atoms with Crippen LogP contribution in [-0.2, 0) is 25.5 Å². The minimum Gasteiger partial charge on any atom is -0.482 e. The number of halogens is 1. The number of hydrogen-bond donors (Lipinski definition) is 4. The lowest BCUT2D eigenvalue weighted by molar-refractivity contribution is -0.153. The molecule has 268 valence electrons. The van der Waals surface area contributed by atoms with Crippen molar-refractivity contribution in [3.63, 3.8) is 0 Å². The van der Waals surface area contributed by atoms with E-state index < -0.39 is 11.9 Å². The maximum atomic E-state index is 12.4. The molecule has 2 aromatic rings. The Morgan fingerprint density at radius 2 is 1.63 bits per heavy atom. The molecule has 3 amide bonds. The Bertz CT molecular complexity index is 1470. The third-order valence-corrected chi connectivity index (χ3v) is 8.31. The Hall–Kier alpha value is -4.66. The van der Waals surface area contributed by atoms with Crippen LogP contribution >= 0.6 is 11.6 Å². The molecule has 0 aliphatic carbocycles. The molecule has 1 aromatic carbocycles. The second-order valence-corrected chi connectivity index (χ2v) is 12.1. The van der Waals surface area contributed by atoms with Crippen molar-refractivity contribution in [3.05, 3.63) is 40.7 Å². The summed E-state index contributed by atoms with van der Waals surface area (Å²) in [6, 6.07) is 7.55. The molecule has 2 aliphatic heterocycles.